The highest BCUT2D eigenvalue weighted by molar-refractivity contribution is 8.00. The molecule has 0 saturated carbocycles. The quantitative estimate of drug-likeness (QED) is 0.805. The number of nitrogens with one attached hydrogen (secondary N) is 1. The maximum atomic E-state index is 12.6. The number of hydrogen-bond donors (Lipinski definition) is 1. The molecule has 0 aromatic heterocycles. The number of thioether (sulfide) groups is 1. The van der Waals surface area contributed by atoms with Gasteiger partial charge in [-0.05, 0) is 46.6 Å². The molecule has 106 valence electrons. The van der Waals surface area contributed by atoms with E-state index < -0.39 is 0 Å². The van der Waals surface area contributed by atoms with Gasteiger partial charge in [0.05, 0.1) is 5.54 Å². The molecule has 0 spiro atoms. The molecule has 2 rings (SSSR count). The van der Waals surface area contributed by atoms with Crippen LogP contribution in [-0.2, 0) is 4.79 Å². The van der Waals surface area contributed by atoms with E-state index >= 15 is 0 Å². The van der Waals surface area contributed by atoms with Gasteiger partial charge in [-0.3, -0.25) is 4.79 Å². The Morgan fingerprint density at radius 3 is 2.56 bits per heavy atom. The third kappa shape index (κ3) is 3.55. The van der Waals surface area contributed by atoms with Crippen molar-refractivity contribution in [1.82, 2.24) is 10.2 Å². The Morgan fingerprint density at radius 2 is 2.00 bits per heavy atom. The van der Waals surface area contributed by atoms with Crippen LogP contribution in [0, 0.1) is 0 Å². The number of rotatable bonds is 1. The van der Waals surface area contributed by atoms with Gasteiger partial charge in [0.1, 0.15) is 0 Å². The Morgan fingerprint density at radius 1 is 1.28 bits per heavy atom. The average molecular weight is 293 g/mol. The first-order valence-electron chi connectivity index (χ1n) is 6.61. The topological polar surface area (TPSA) is 32.3 Å². The third-order valence-electron chi connectivity index (χ3n) is 3.80. The van der Waals surface area contributed by atoms with Crippen molar-refractivity contribution in [2.24, 2.45) is 0 Å². The fraction of sp³-hybridized carbons (Fsp3) is 0.923. The summed E-state index contributed by atoms with van der Waals surface area (Å²) in [5, 5.41) is 3.42. The molecule has 2 fully saturated rings. The van der Waals surface area contributed by atoms with E-state index in [9.17, 15) is 4.79 Å². The molecule has 0 radical (unpaired) electrons. The van der Waals surface area contributed by atoms with Gasteiger partial charge in [0, 0.05) is 23.6 Å². The standard InChI is InChI=1S/C13H24N2OS.ClH/c1-12(2)10-15(8-9-17-12)11(16)13(3)6-4-5-7-14-13;/h14H,4-10H2,1-3H3;1H. The zero-order valence-corrected chi connectivity index (χ0v) is 13.3. The van der Waals surface area contributed by atoms with E-state index in [0.717, 1.165) is 31.8 Å². The smallest absolute Gasteiger partial charge is 0.242 e. The molecule has 3 nitrogen and oxygen atoms in total. The highest BCUT2D eigenvalue weighted by atomic mass is 35.5. The highest BCUT2D eigenvalue weighted by Gasteiger charge is 2.40. The van der Waals surface area contributed by atoms with Crippen molar-refractivity contribution in [1.29, 1.82) is 0 Å². The van der Waals surface area contributed by atoms with Crippen LogP contribution in [0.2, 0.25) is 0 Å². The van der Waals surface area contributed by atoms with Crippen molar-refractivity contribution < 1.29 is 4.79 Å². The summed E-state index contributed by atoms with van der Waals surface area (Å²) in [6.07, 6.45) is 3.35. The lowest BCUT2D eigenvalue weighted by atomic mass is 9.89. The van der Waals surface area contributed by atoms with Crippen molar-refractivity contribution in [2.45, 2.75) is 50.3 Å². The predicted molar refractivity (Wildman–Crippen MR) is 80.6 cm³/mol. The predicted octanol–water partition coefficient (Wildman–Crippen LogP) is 2.29. The van der Waals surface area contributed by atoms with Gasteiger partial charge in [0.25, 0.3) is 0 Å². The van der Waals surface area contributed by atoms with Gasteiger partial charge in [-0.2, -0.15) is 11.8 Å². The van der Waals surface area contributed by atoms with E-state index in [1.165, 1.54) is 12.8 Å². The van der Waals surface area contributed by atoms with Crippen molar-refractivity contribution in [3.05, 3.63) is 0 Å². The molecule has 2 heterocycles. The van der Waals surface area contributed by atoms with Gasteiger partial charge in [-0.25, -0.2) is 0 Å². The largest absolute Gasteiger partial charge is 0.339 e. The summed E-state index contributed by atoms with van der Waals surface area (Å²) >= 11 is 1.97. The van der Waals surface area contributed by atoms with Crippen LogP contribution in [0.1, 0.15) is 40.0 Å². The monoisotopic (exact) mass is 292 g/mol. The van der Waals surface area contributed by atoms with Crippen molar-refractivity contribution in [2.75, 3.05) is 25.4 Å². The van der Waals surface area contributed by atoms with Crippen LogP contribution in [0.3, 0.4) is 0 Å². The number of carbonyl (C=O) groups excluding carboxylic acids is 1. The van der Waals surface area contributed by atoms with Crippen LogP contribution >= 0.6 is 24.2 Å². The van der Waals surface area contributed by atoms with Gasteiger partial charge >= 0.3 is 0 Å². The first-order chi connectivity index (χ1) is 7.93. The molecule has 2 saturated heterocycles. The summed E-state index contributed by atoms with van der Waals surface area (Å²) in [7, 11) is 0. The number of nitrogens with zero attached hydrogens (tertiary/aromatic N) is 1. The molecular weight excluding hydrogens is 268 g/mol. The molecular formula is C13H25ClN2OS. The normalized spacial score (nSPS) is 31.6. The van der Waals surface area contributed by atoms with E-state index in [4.69, 9.17) is 0 Å². The van der Waals surface area contributed by atoms with Gasteiger partial charge in [0.15, 0.2) is 0 Å². The van der Waals surface area contributed by atoms with Crippen LogP contribution in [0.15, 0.2) is 0 Å². The fourth-order valence-electron chi connectivity index (χ4n) is 2.78. The molecule has 0 aromatic rings. The van der Waals surface area contributed by atoms with Gasteiger partial charge in [0.2, 0.25) is 5.91 Å². The Hall–Kier alpha value is 0.0700. The summed E-state index contributed by atoms with van der Waals surface area (Å²) in [6, 6.07) is 0. The molecule has 0 aliphatic carbocycles. The lowest BCUT2D eigenvalue weighted by Crippen LogP contribution is -2.60. The Balaban J connectivity index is 0.00000162. The number of hydrogen-bond acceptors (Lipinski definition) is 3. The third-order valence-corrected chi connectivity index (χ3v) is 5.10. The second kappa shape index (κ2) is 6.02. The van der Waals surface area contributed by atoms with Gasteiger partial charge in [-0.1, -0.05) is 0 Å². The summed E-state index contributed by atoms with van der Waals surface area (Å²) < 4.78 is 0.207. The molecule has 2 aliphatic rings. The van der Waals surface area contributed by atoms with E-state index in [2.05, 4.69) is 31.0 Å². The summed E-state index contributed by atoms with van der Waals surface area (Å²) in [6.45, 7) is 9.30. The first kappa shape index (κ1) is 16.1. The summed E-state index contributed by atoms with van der Waals surface area (Å²) in [5.74, 6) is 1.38. The van der Waals surface area contributed by atoms with Crippen molar-refractivity contribution in [3.8, 4) is 0 Å². The zero-order chi connectivity index (χ0) is 12.5. The molecule has 1 amide bonds. The van der Waals surface area contributed by atoms with Crippen molar-refractivity contribution in [3.63, 3.8) is 0 Å². The Bertz CT molecular complexity index is 303. The minimum absolute atomic E-state index is 0. The molecule has 0 bridgehead atoms. The van der Waals surface area contributed by atoms with E-state index in [1.54, 1.807) is 0 Å². The van der Waals surface area contributed by atoms with Crippen LogP contribution in [0.25, 0.3) is 0 Å². The Labute approximate surface area is 121 Å². The molecule has 1 atom stereocenters. The Kier molecular flexibility index (Phi) is 5.39. The van der Waals surface area contributed by atoms with E-state index in [-0.39, 0.29) is 22.7 Å². The zero-order valence-electron chi connectivity index (χ0n) is 11.6. The maximum Gasteiger partial charge on any atom is 0.242 e. The molecule has 1 unspecified atom stereocenters. The van der Waals surface area contributed by atoms with E-state index in [0.29, 0.717) is 5.91 Å². The van der Waals surface area contributed by atoms with Crippen LogP contribution < -0.4 is 5.32 Å². The second-order valence-corrected chi connectivity index (χ2v) is 7.85. The van der Waals surface area contributed by atoms with Crippen LogP contribution in [-0.4, -0.2) is 46.5 Å². The maximum absolute atomic E-state index is 12.6. The molecule has 1 N–H and O–H groups in total. The molecule has 2 aliphatic heterocycles. The minimum atomic E-state index is -0.309. The number of carbonyl (C=O) groups is 1. The number of piperidine rings is 1. The summed E-state index contributed by atoms with van der Waals surface area (Å²) in [4.78, 5) is 14.7. The number of halogens is 1. The SMILES string of the molecule is CC1(C)CN(C(=O)C2(C)CCCCN2)CCS1.Cl. The minimum Gasteiger partial charge on any atom is -0.339 e. The highest BCUT2D eigenvalue weighted by Crippen LogP contribution is 2.31. The fourth-order valence-corrected chi connectivity index (χ4v) is 3.89. The lowest BCUT2D eigenvalue weighted by molar-refractivity contribution is -0.139. The first-order valence-corrected chi connectivity index (χ1v) is 7.60. The second-order valence-electron chi connectivity index (χ2n) is 6.05. The summed E-state index contributed by atoms with van der Waals surface area (Å²) in [5.41, 5.74) is -0.309. The van der Waals surface area contributed by atoms with Crippen molar-refractivity contribution >= 4 is 30.1 Å². The number of amides is 1. The molecule has 0 aromatic carbocycles. The van der Waals surface area contributed by atoms with Gasteiger partial charge in [-0.15, -0.1) is 12.4 Å². The van der Waals surface area contributed by atoms with E-state index in [1.807, 2.05) is 11.8 Å². The average Bonchev–Trinajstić information content (AvgIpc) is 2.27. The van der Waals surface area contributed by atoms with Crippen LogP contribution in [0.4, 0.5) is 0 Å². The van der Waals surface area contributed by atoms with Crippen LogP contribution in [0.5, 0.6) is 0 Å². The van der Waals surface area contributed by atoms with Gasteiger partial charge < -0.3 is 10.2 Å². The molecule has 5 heteroatoms. The lowest BCUT2D eigenvalue weighted by Gasteiger charge is -2.43. The molecule has 18 heavy (non-hydrogen) atoms.